The van der Waals surface area contributed by atoms with Crippen molar-refractivity contribution in [3.05, 3.63) is 0 Å². The summed E-state index contributed by atoms with van der Waals surface area (Å²) in [5.74, 6) is -3.65. The van der Waals surface area contributed by atoms with Crippen LogP contribution in [0.15, 0.2) is 0 Å². The van der Waals surface area contributed by atoms with Gasteiger partial charge in [-0.15, -0.1) is 0 Å². The molecule has 2 fully saturated rings. The van der Waals surface area contributed by atoms with E-state index >= 15 is 0 Å². The lowest BCUT2D eigenvalue weighted by atomic mass is 9.82. The SMILES string of the molecule is CCCCCCCCCCCCCCCCC(C(=O)O)(C(=O)OCC1CO1)C(=O)OCC1CO1. The molecular formula is C26H44O8. The van der Waals surface area contributed by atoms with Gasteiger partial charge in [0.2, 0.25) is 0 Å². The third-order valence-electron chi connectivity index (χ3n) is 6.57. The number of unbranched alkanes of at least 4 members (excludes halogenated alkanes) is 13. The monoisotopic (exact) mass is 484 g/mol. The van der Waals surface area contributed by atoms with Crippen LogP contribution < -0.4 is 0 Å². The van der Waals surface area contributed by atoms with Crippen LogP contribution in [0.3, 0.4) is 0 Å². The summed E-state index contributed by atoms with van der Waals surface area (Å²) in [4.78, 5) is 37.6. The van der Waals surface area contributed by atoms with Gasteiger partial charge in [0, 0.05) is 0 Å². The van der Waals surface area contributed by atoms with E-state index in [1.165, 1.54) is 57.8 Å². The summed E-state index contributed by atoms with van der Waals surface area (Å²) in [7, 11) is 0. The molecule has 0 radical (unpaired) electrons. The number of carboxylic acid groups (broad SMARTS) is 1. The van der Waals surface area contributed by atoms with Gasteiger partial charge in [0.1, 0.15) is 25.4 Å². The molecule has 2 unspecified atom stereocenters. The number of carboxylic acids is 1. The van der Waals surface area contributed by atoms with E-state index in [9.17, 15) is 19.5 Å². The van der Waals surface area contributed by atoms with Crippen molar-refractivity contribution < 1.29 is 38.4 Å². The molecule has 0 aromatic rings. The summed E-state index contributed by atoms with van der Waals surface area (Å²) in [5.41, 5.74) is -2.33. The van der Waals surface area contributed by atoms with Gasteiger partial charge in [-0.05, 0) is 6.42 Å². The van der Waals surface area contributed by atoms with E-state index in [2.05, 4.69) is 6.92 Å². The van der Waals surface area contributed by atoms with Crippen molar-refractivity contribution in [3.63, 3.8) is 0 Å². The topological polar surface area (TPSA) is 115 Å². The minimum atomic E-state index is -2.33. The van der Waals surface area contributed by atoms with E-state index in [4.69, 9.17) is 18.9 Å². The van der Waals surface area contributed by atoms with Crippen LogP contribution in [0.4, 0.5) is 0 Å². The first-order valence-corrected chi connectivity index (χ1v) is 13.3. The first kappa shape index (κ1) is 28.6. The second-order valence-electron chi connectivity index (χ2n) is 9.66. The Labute approximate surface area is 204 Å². The Hall–Kier alpha value is -1.67. The molecule has 2 atom stereocenters. The fourth-order valence-electron chi connectivity index (χ4n) is 4.07. The molecule has 34 heavy (non-hydrogen) atoms. The van der Waals surface area contributed by atoms with Crippen LogP contribution in [0.25, 0.3) is 0 Å². The van der Waals surface area contributed by atoms with Crippen molar-refractivity contribution in [2.24, 2.45) is 5.41 Å². The molecule has 0 amide bonds. The summed E-state index contributed by atoms with van der Waals surface area (Å²) in [6.45, 7) is 3.07. The van der Waals surface area contributed by atoms with Crippen LogP contribution in [0.2, 0.25) is 0 Å². The summed E-state index contributed by atoms with van der Waals surface area (Å²) < 4.78 is 20.3. The summed E-state index contributed by atoms with van der Waals surface area (Å²) in [6, 6.07) is 0. The van der Waals surface area contributed by atoms with Gasteiger partial charge in [0.25, 0.3) is 5.41 Å². The summed E-state index contributed by atoms with van der Waals surface area (Å²) in [6.07, 6.45) is 15.6. The number of aliphatic carboxylic acids is 1. The highest BCUT2D eigenvalue weighted by atomic mass is 16.6. The molecule has 8 heteroatoms. The Morgan fingerprint density at radius 2 is 1.06 bits per heavy atom. The molecule has 2 saturated heterocycles. The smallest absolute Gasteiger partial charge is 0.335 e. The minimum absolute atomic E-state index is 0.0500. The van der Waals surface area contributed by atoms with Crippen LogP contribution >= 0.6 is 0 Å². The lowest BCUT2D eigenvalue weighted by Crippen LogP contribution is -2.49. The second-order valence-corrected chi connectivity index (χ2v) is 9.66. The average Bonchev–Trinajstić information content (AvgIpc) is 3.73. The van der Waals surface area contributed by atoms with Crippen LogP contribution in [0, 0.1) is 5.41 Å². The first-order valence-electron chi connectivity index (χ1n) is 13.3. The Bertz CT molecular complexity index is 584. The van der Waals surface area contributed by atoms with Gasteiger partial charge in [-0.25, -0.2) is 0 Å². The maximum Gasteiger partial charge on any atom is 0.335 e. The number of hydrogen-bond donors (Lipinski definition) is 1. The maximum absolute atomic E-state index is 12.7. The zero-order valence-corrected chi connectivity index (χ0v) is 20.9. The standard InChI is InChI=1S/C26H44O8/c1-2-3-4-5-6-7-8-9-10-11-12-13-14-15-16-26(23(27)28,24(29)33-19-21-17-31-21)25(30)34-20-22-18-32-22/h21-22H,2-20H2,1H3,(H,27,28). The van der Waals surface area contributed by atoms with Crippen molar-refractivity contribution in [1.82, 2.24) is 0 Å². The third kappa shape index (κ3) is 10.7. The molecule has 0 aromatic carbocycles. The van der Waals surface area contributed by atoms with E-state index in [0.29, 0.717) is 19.6 Å². The van der Waals surface area contributed by atoms with E-state index in [1.807, 2.05) is 0 Å². The average molecular weight is 485 g/mol. The zero-order valence-electron chi connectivity index (χ0n) is 20.9. The molecule has 0 aromatic heterocycles. The van der Waals surface area contributed by atoms with Crippen molar-refractivity contribution in [2.75, 3.05) is 26.4 Å². The molecule has 2 aliphatic rings. The summed E-state index contributed by atoms with van der Waals surface area (Å²) >= 11 is 0. The lowest BCUT2D eigenvalue weighted by molar-refractivity contribution is -0.182. The summed E-state index contributed by atoms with van der Waals surface area (Å²) in [5, 5.41) is 9.87. The van der Waals surface area contributed by atoms with E-state index in [0.717, 1.165) is 25.7 Å². The zero-order chi connectivity index (χ0) is 24.7. The van der Waals surface area contributed by atoms with Crippen molar-refractivity contribution in [1.29, 1.82) is 0 Å². The molecule has 0 spiro atoms. The minimum Gasteiger partial charge on any atom is -0.480 e. The Morgan fingerprint density at radius 1 is 0.706 bits per heavy atom. The molecule has 2 heterocycles. The van der Waals surface area contributed by atoms with Gasteiger partial charge in [-0.1, -0.05) is 96.8 Å². The van der Waals surface area contributed by atoms with Crippen molar-refractivity contribution in [3.8, 4) is 0 Å². The number of rotatable bonds is 22. The van der Waals surface area contributed by atoms with Crippen LogP contribution in [0.5, 0.6) is 0 Å². The third-order valence-corrected chi connectivity index (χ3v) is 6.57. The highest BCUT2D eigenvalue weighted by molar-refractivity contribution is 6.17. The number of carbonyl (C=O) groups is 3. The van der Waals surface area contributed by atoms with Gasteiger partial charge in [0.05, 0.1) is 13.2 Å². The highest BCUT2D eigenvalue weighted by Gasteiger charge is 2.56. The number of ether oxygens (including phenoxy) is 4. The van der Waals surface area contributed by atoms with E-state index in [-0.39, 0.29) is 31.8 Å². The predicted octanol–water partition coefficient (Wildman–Crippen LogP) is 4.81. The molecule has 8 nitrogen and oxygen atoms in total. The van der Waals surface area contributed by atoms with E-state index < -0.39 is 23.3 Å². The quantitative estimate of drug-likeness (QED) is 0.101. The normalized spacial score (nSPS) is 20.4. The predicted molar refractivity (Wildman–Crippen MR) is 126 cm³/mol. The van der Waals surface area contributed by atoms with Crippen LogP contribution in [-0.4, -0.2) is 61.6 Å². The van der Waals surface area contributed by atoms with Crippen LogP contribution in [-0.2, 0) is 33.3 Å². The highest BCUT2D eigenvalue weighted by Crippen LogP contribution is 2.31. The fourth-order valence-corrected chi connectivity index (χ4v) is 4.07. The number of esters is 2. The molecule has 2 aliphatic heterocycles. The van der Waals surface area contributed by atoms with Crippen molar-refractivity contribution in [2.45, 2.75) is 115 Å². The maximum atomic E-state index is 12.7. The molecule has 2 rings (SSSR count). The largest absolute Gasteiger partial charge is 0.480 e. The van der Waals surface area contributed by atoms with Crippen molar-refractivity contribution >= 4 is 17.9 Å². The van der Waals surface area contributed by atoms with Gasteiger partial charge in [-0.3, -0.25) is 14.4 Å². The van der Waals surface area contributed by atoms with Gasteiger partial charge >= 0.3 is 17.9 Å². The second kappa shape index (κ2) is 16.1. The molecule has 0 aliphatic carbocycles. The molecular weight excluding hydrogens is 440 g/mol. The fraction of sp³-hybridized carbons (Fsp3) is 0.885. The molecule has 0 bridgehead atoms. The number of epoxide rings is 2. The molecule has 1 N–H and O–H groups in total. The Balaban J connectivity index is 1.65. The van der Waals surface area contributed by atoms with E-state index in [1.54, 1.807) is 0 Å². The number of hydrogen-bond acceptors (Lipinski definition) is 7. The Kier molecular flexibility index (Phi) is 13.5. The van der Waals surface area contributed by atoms with Gasteiger partial charge in [0.15, 0.2) is 0 Å². The number of carbonyl (C=O) groups excluding carboxylic acids is 2. The van der Waals surface area contributed by atoms with Gasteiger partial charge in [-0.2, -0.15) is 0 Å². The van der Waals surface area contributed by atoms with Gasteiger partial charge < -0.3 is 24.1 Å². The lowest BCUT2D eigenvalue weighted by Gasteiger charge is -2.25. The van der Waals surface area contributed by atoms with Crippen LogP contribution in [0.1, 0.15) is 103 Å². The first-order chi connectivity index (χ1) is 16.5. The molecule has 0 saturated carbocycles. The molecule has 196 valence electrons. The Morgan fingerprint density at radius 3 is 1.38 bits per heavy atom.